The third kappa shape index (κ3) is 6.37. The van der Waals surface area contributed by atoms with Gasteiger partial charge in [-0.1, -0.05) is 48.7 Å². The van der Waals surface area contributed by atoms with Crippen LogP contribution < -0.4 is 14.8 Å². The average molecular weight is 445 g/mol. The first-order valence-electron chi connectivity index (χ1n) is 10.6. The number of amides is 2. The lowest BCUT2D eigenvalue weighted by Gasteiger charge is -2.29. The Morgan fingerprint density at radius 1 is 1.16 bits per heavy atom. The van der Waals surface area contributed by atoms with Crippen LogP contribution in [-0.2, 0) is 16.1 Å². The molecule has 1 N–H and O–H groups in total. The molecular weight excluding hydrogens is 416 g/mol. The van der Waals surface area contributed by atoms with Crippen molar-refractivity contribution in [2.45, 2.75) is 51.2 Å². The lowest BCUT2D eigenvalue weighted by atomic mass is 10.1. The number of methoxy groups -OCH3 is 1. The quantitative estimate of drug-likeness (QED) is 0.629. The highest BCUT2D eigenvalue weighted by atomic mass is 35.5. The molecule has 1 saturated carbocycles. The van der Waals surface area contributed by atoms with Crippen molar-refractivity contribution >= 4 is 23.4 Å². The summed E-state index contributed by atoms with van der Waals surface area (Å²) in [5.41, 5.74) is 0.867. The number of carbonyl (C=O) groups excluding carboxylic acids is 2. The van der Waals surface area contributed by atoms with Gasteiger partial charge in [-0.2, -0.15) is 0 Å². The van der Waals surface area contributed by atoms with Gasteiger partial charge in [0, 0.05) is 12.6 Å². The van der Waals surface area contributed by atoms with E-state index in [2.05, 4.69) is 5.32 Å². The number of hydrogen-bond acceptors (Lipinski definition) is 4. The fourth-order valence-corrected chi connectivity index (χ4v) is 3.92. The van der Waals surface area contributed by atoms with Crippen molar-refractivity contribution in [1.29, 1.82) is 0 Å². The number of benzene rings is 2. The molecule has 1 unspecified atom stereocenters. The highest BCUT2D eigenvalue weighted by Gasteiger charge is 2.29. The van der Waals surface area contributed by atoms with Gasteiger partial charge in [0.15, 0.2) is 6.61 Å². The molecule has 0 aromatic heterocycles. The minimum absolute atomic E-state index is 0.152. The van der Waals surface area contributed by atoms with Crippen LogP contribution in [0.5, 0.6) is 11.5 Å². The van der Waals surface area contributed by atoms with E-state index in [1.807, 2.05) is 24.3 Å². The topological polar surface area (TPSA) is 67.9 Å². The van der Waals surface area contributed by atoms with Crippen molar-refractivity contribution in [3.8, 4) is 11.5 Å². The van der Waals surface area contributed by atoms with Gasteiger partial charge in [0.1, 0.15) is 17.5 Å². The Kier molecular flexibility index (Phi) is 8.18. The van der Waals surface area contributed by atoms with Crippen LogP contribution in [0, 0.1) is 0 Å². The number of para-hydroxylation sites is 1. The van der Waals surface area contributed by atoms with Crippen molar-refractivity contribution in [3.63, 3.8) is 0 Å². The third-order valence-corrected chi connectivity index (χ3v) is 5.86. The molecule has 2 aromatic carbocycles. The molecule has 166 valence electrons. The van der Waals surface area contributed by atoms with Gasteiger partial charge in [0.2, 0.25) is 5.91 Å². The number of halogens is 1. The van der Waals surface area contributed by atoms with Crippen LogP contribution in [0.3, 0.4) is 0 Å². The molecule has 0 aliphatic heterocycles. The second-order valence-electron chi connectivity index (χ2n) is 7.76. The molecule has 0 bridgehead atoms. The van der Waals surface area contributed by atoms with Crippen LogP contribution in [-0.4, -0.2) is 42.5 Å². The molecule has 3 rings (SSSR count). The Bertz CT molecular complexity index is 899. The minimum atomic E-state index is -0.644. The molecule has 0 heterocycles. The monoisotopic (exact) mass is 444 g/mol. The SMILES string of the molecule is COc1cccc(CN(C(=O)COc2ccccc2Cl)C(C)C(=O)NC2CCCC2)c1. The Hall–Kier alpha value is -2.73. The predicted octanol–water partition coefficient (Wildman–Crippen LogP) is 4.20. The maximum Gasteiger partial charge on any atom is 0.261 e. The highest BCUT2D eigenvalue weighted by Crippen LogP contribution is 2.24. The molecule has 2 amide bonds. The van der Waals surface area contributed by atoms with Gasteiger partial charge < -0.3 is 19.7 Å². The summed E-state index contributed by atoms with van der Waals surface area (Å²) in [6.07, 6.45) is 4.21. The minimum Gasteiger partial charge on any atom is -0.497 e. The smallest absolute Gasteiger partial charge is 0.261 e. The zero-order valence-electron chi connectivity index (χ0n) is 18.0. The van der Waals surface area contributed by atoms with Gasteiger partial charge in [0.05, 0.1) is 12.1 Å². The summed E-state index contributed by atoms with van der Waals surface area (Å²) >= 11 is 6.13. The number of nitrogens with one attached hydrogen (secondary N) is 1. The van der Waals surface area contributed by atoms with Gasteiger partial charge in [-0.3, -0.25) is 9.59 Å². The summed E-state index contributed by atoms with van der Waals surface area (Å²) in [5, 5.41) is 3.52. The standard InChI is InChI=1S/C24H29ClN2O4/c1-17(24(29)26-19-9-3-4-10-19)27(15-18-8-7-11-20(14-18)30-2)23(28)16-31-22-13-6-5-12-21(22)25/h5-8,11-14,17,19H,3-4,9-10,15-16H2,1-2H3,(H,26,29). The largest absolute Gasteiger partial charge is 0.497 e. The van der Waals surface area contributed by atoms with Crippen LogP contribution in [0.4, 0.5) is 0 Å². The molecule has 1 fully saturated rings. The molecule has 7 heteroatoms. The first-order chi connectivity index (χ1) is 15.0. The highest BCUT2D eigenvalue weighted by molar-refractivity contribution is 6.32. The first kappa shape index (κ1) is 22.9. The lowest BCUT2D eigenvalue weighted by Crippen LogP contribution is -2.50. The summed E-state index contributed by atoms with van der Waals surface area (Å²) in [7, 11) is 1.59. The van der Waals surface area contributed by atoms with Crippen LogP contribution in [0.25, 0.3) is 0 Å². The molecule has 0 radical (unpaired) electrons. The van der Waals surface area contributed by atoms with Crippen molar-refractivity contribution in [2.24, 2.45) is 0 Å². The number of carbonyl (C=O) groups is 2. The van der Waals surface area contributed by atoms with Gasteiger partial charge in [-0.15, -0.1) is 0 Å². The first-order valence-corrected chi connectivity index (χ1v) is 11.0. The van der Waals surface area contributed by atoms with E-state index in [0.29, 0.717) is 16.5 Å². The molecule has 6 nitrogen and oxygen atoms in total. The Balaban J connectivity index is 1.73. The summed E-state index contributed by atoms with van der Waals surface area (Å²) < 4.78 is 10.9. The molecule has 0 saturated heterocycles. The van der Waals surface area contributed by atoms with E-state index in [4.69, 9.17) is 21.1 Å². The maximum absolute atomic E-state index is 13.1. The van der Waals surface area contributed by atoms with Crippen molar-refractivity contribution in [2.75, 3.05) is 13.7 Å². The predicted molar refractivity (Wildman–Crippen MR) is 120 cm³/mol. The van der Waals surface area contributed by atoms with Crippen LogP contribution in [0.2, 0.25) is 5.02 Å². The molecule has 31 heavy (non-hydrogen) atoms. The summed E-state index contributed by atoms with van der Waals surface area (Å²) in [4.78, 5) is 27.5. The van der Waals surface area contributed by atoms with E-state index in [1.54, 1.807) is 38.3 Å². The molecule has 1 aliphatic rings. The van der Waals surface area contributed by atoms with E-state index in [9.17, 15) is 9.59 Å². The van der Waals surface area contributed by atoms with Crippen molar-refractivity contribution in [3.05, 3.63) is 59.1 Å². The number of rotatable bonds is 9. The van der Waals surface area contributed by atoms with Gasteiger partial charge in [-0.25, -0.2) is 0 Å². The normalized spacial score (nSPS) is 14.7. The summed E-state index contributed by atoms with van der Waals surface area (Å²) in [6.45, 7) is 1.80. The Labute approximate surface area is 188 Å². The van der Waals surface area contributed by atoms with E-state index in [1.165, 1.54) is 4.90 Å². The molecule has 0 spiro atoms. The van der Waals surface area contributed by atoms with Gasteiger partial charge >= 0.3 is 0 Å². The van der Waals surface area contributed by atoms with Gasteiger partial charge in [-0.05, 0) is 49.6 Å². The zero-order valence-corrected chi connectivity index (χ0v) is 18.7. The Morgan fingerprint density at radius 2 is 1.90 bits per heavy atom. The Morgan fingerprint density at radius 3 is 2.61 bits per heavy atom. The van der Waals surface area contributed by atoms with E-state index in [0.717, 1.165) is 31.2 Å². The average Bonchev–Trinajstić information content (AvgIpc) is 3.29. The van der Waals surface area contributed by atoms with E-state index >= 15 is 0 Å². The molecule has 2 aromatic rings. The van der Waals surface area contributed by atoms with Crippen molar-refractivity contribution < 1.29 is 19.1 Å². The number of hydrogen-bond donors (Lipinski definition) is 1. The van der Waals surface area contributed by atoms with E-state index < -0.39 is 6.04 Å². The van der Waals surface area contributed by atoms with Crippen LogP contribution in [0.15, 0.2) is 48.5 Å². The van der Waals surface area contributed by atoms with Crippen LogP contribution >= 0.6 is 11.6 Å². The fourth-order valence-electron chi connectivity index (χ4n) is 3.73. The van der Waals surface area contributed by atoms with E-state index in [-0.39, 0.29) is 31.0 Å². The summed E-state index contributed by atoms with van der Waals surface area (Å²) in [6, 6.07) is 14.0. The summed E-state index contributed by atoms with van der Waals surface area (Å²) in [5.74, 6) is 0.680. The molecule has 1 aliphatic carbocycles. The number of nitrogens with zero attached hydrogens (tertiary/aromatic N) is 1. The van der Waals surface area contributed by atoms with Crippen LogP contribution in [0.1, 0.15) is 38.2 Å². The lowest BCUT2D eigenvalue weighted by molar-refractivity contribution is -0.142. The zero-order chi connectivity index (χ0) is 22.2. The fraction of sp³-hybridized carbons (Fsp3) is 0.417. The maximum atomic E-state index is 13.1. The molecule has 1 atom stereocenters. The second-order valence-corrected chi connectivity index (χ2v) is 8.17. The van der Waals surface area contributed by atoms with Gasteiger partial charge in [0.25, 0.3) is 5.91 Å². The van der Waals surface area contributed by atoms with Crippen molar-refractivity contribution in [1.82, 2.24) is 10.2 Å². The third-order valence-electron chi connectivity index (χ3n) is 5.54. The second kappa shape index (κ2) is 11.0. The molecular formula is C24H29ClN2O4. The number of ether oxygens (including phenoxy) is 2.